The maximum atomic E-state index is 13.8. The summed E-state index contributed by atoms with van der Waals surface area (Å²) in [6.07, 6.45) is 6.54. The van der Waals surface area contributed by atoms with Gasteiger partial charge >= 0.3 is 0 Å². The van der Waals surface area contributed by atoms with Crippen molar-refractivity contribution in [2.45, 2.75) is 0 Å². The summed E-state index contributed by atoms with van der Waals surface area (Å²) in [7, 11) is 1.94. The zero-order valence-electron chi connectivity index (χ0n) is 18.6. The highest BCUT2D eigenvalue weighted by molar-refractivity contribution is 6.37. The van der Waals surface area contributed by atoms with Crippen LogP contribution in [0.5, 0.6) is 11.5 Å². The first-order valence-electron chi connectivity index (χ1n) is 10.9. The normalized spacial score (nSPS) is 15.0. The number of fused-ring (bicyclic) bond motifs is 2. The van der Waals surface area contributed by atoms with E-state index in [1.807, 2.05) is 48.1 Å². The van der Waals surface area contributed by atoms with E-state index in [-0.39, 0.29) is 5.91 Å². The molecule has 0 unspecified atom stereocenters. The van der Waals surface area contributed by atoms with Gasteiger partial charge < -0.3 is 24.7 Å². The van der Waals surface area contributed by atoms with Crippen LogP contribution < -0.4 is 20.1 Å². The van der Waals surface area contributed by atoms with Gasteiger partial charge in [0.25, 0.3) is 5.91 Å². The molecular formula is C27H19FN4O3. The minimum Gasteiger partial charge on any atom is -0.458 e. The molecule has 1 amide bonds. The van der Waals surface area contributed by atoms with Gasteiger partial charge in [0.05, 0.1) is 17.0 Å². The highest BCUT2D eigenvalue weighted by Crippen LogP contribution is 2.40. The number of amides is 1. The molecule has 0 atom stereocenters. The SMILES string of the molecule is Cn1ccnc1-c1ccc(NC(=C2C(=O)Nc3cc(F)ccc32)c2ccc3c(c2)OC=CO3)cc1. The van der Waals surface area contributed by atoms with Gasteiger partial charge in [0.2, 0.25) is 0 Å². The molecule has 2 aliphatic heterocycles. The van der Waals surface area contributed by atoms with Gasteiger partial charge in [-0.1, -0.05) is 0 Å². The van der Waals surface area contributed by atoms with Gasteiger partial charge in [-0.2, -0.15) is 0 Å². The molecule has 2 aliphatic rings. The third-order valence-corrected chi connectivity index (χ3v) is 5.89. The number of anilines is 2. The van der Waals surface area contributed by atoms with Crippen LogP contribution in [0.4, 0.5) is 15.8 Å². The van der Waals surface area contributed by atoms with Crippen molar-refractivity contribution in [1.82, 2.24) is 9.55 Å². The summed E-state index contributed by atoms with van der Waals surface area (Å²) in [5.41, 5.74) is 4.43. The standard InChI is InChI=1S/C27H19FN4O3/c1-32-11-10-29-26(32)16-2-6-19(7-3-16)30-25(17-4-9-22-23(14-17)35-13-12-34-22)24-20-8-5-18(28)15-21(20)31-27(24)33/h2-15,30H,1H3,(H,31,33). The first-order valence-corrected chi connectivity index (χ1v) is 10.9. The summed E-state index contributed by atoms with van der Waals surface area (Å²) < 4.78 is 26.8. The fourth-order valence-corrected chi connectivity index (χ4v) is 4.22. The van der Waals surface area contributed by atoms with Crippen molar-refractivity contribution in [1.29, 1.82) is 0 Å². The zero-order chi connectivity index (χ0) is 23.9. The van der Waals surface area contributed by atoms with E-state index in [9.17, 15) is 9.18 Å². The maximum absolute atomic E-state index is 13.8. The molecule has 3 heterocycles. The number of carbonyl (C=O) groups excluding carboxylic acids is 1. The predicted molar refractivity (Wildman–Crippen MR) is 131 cm³/mol. The largest absolute Gasteiger partial charge is 0.458 e. The molecule has 8 heteroatoms. The van der Waals surface area contributed by atoms with E-state index in [2.05, 4.69) is 15.6 Å². The fraction of sp³-hybridized carbons (Fsp3) is 0.0370. The van der Waals surface area contributed by atoms with E-state index >= 15 is 0 Å². The van der Waals surface area contributed by atoms with Crippen LogP contribution in [0.1, 0.15) is 11.1 Å². The quantitative estimate of drug-likeness (QED) is 0.394. The van der Waals surface area contributed by atoms with Crippen molar-refractivity contribution in [2.75, 3.05) is 10.6 Å². The number of hydrogen-bond donors (Lipinski definition) is 2. The van der Waals surface area contributed by atoms with Crippen LogP contribution in [0.3, 0.4) is 0 Å². The maximum Gasteiger partial charge on any atom is 0.258 e. The minimum atomic E-state index is -0.421. The Labute approximate surface area is 200 Å². The monoisotopic (exact) mass is 466 g/mol. The summed E-state index contributed by atoms with van der Waals surface area (Å²) in [4.78, 5) is 17.5. The Morgan fingerprint density at radius 2 is 1.80 bits per heavy atom. The number of hydrogen-bond acceptors (Lipinski definition) is 5. The third-order valence-electron chi connectivity index (χ3n) is 5.89. The Kier molecular flexibility index (Phi) is 4.84. The number of rotatable bonds is 4. The van der Waals surface area contributed by atoms with Crippen LogP contribution in [0.2, 0.25) is 0 Å². The van der Waals surface area contributed by atoms with E-state index < -0.39 is 5.82 Å². The molecular weight excluding hydrogens is 447 g/mol. The zero-order valence-corrected chi connectivity index (χ0v) is 18.6. The summed E-state index contributed by atoms with van der Waals surface area (Å²) in [5, 5.41) is 6.17. The molecule has 7 nitrogen and oxygen atoms in total. The lowest BCUT2D eigenvalue weighted by molar-refractivity contribution is -0.110. The second-order valence-corrected chi connectivity index (χ2v) is 8.13. The van der Waals surface area contributed by atoms with E-state index in [1.54, 1.807) is 24.4 Å². The molecule has 172 valence electrons. The van der Waals surface area contributed by atoms with Gasteiger partial charge in [-0.3, -0.25) is 4.79 Å². The number of benzene rings is 3. The van der Waals surface area contributed by atoms with Gasteiger partial charge in [-0.25, -0.2) is 9.37 Å². The van der Waals surface area contributed by atoms with Crippen molar-refractivity contribution in [3.8, 4) is 22.9 Å². The van der Waals surface area contributed by atoms with Crippen LogP contribution in [0, 0.1) is 5.82 Å². The van der Waals surface area contributed by atoms with Crippen molar-refractivity contribution < 1.29 is 18.7 Å². The smallest absolute Gasteiger partial charge is 0.258 e. The van der Waals surface area contributed by atoms with Crippen molar-refractivity contribution in [3.63, 3.8) is 0 Å². The van der Waals surface area contributed by atoms with Crippen LogP contribution in [0.15, 0.2) is 85.6 Å². The fourth-order valence-electron chi connectivity index (χ4n) is 4.22. The number of imidazole rings is 1. The lowest BCUT2D eigenvalue weighted by Crippen LogP contribution is -2.10. The summed E-state index contributed by atoms with van der Waals surface area (Å²) >= 11 is 0. The van der Waals surface area contributed by atoms with Crippen LogP contribution in [-0.2, 0) is 11.8 Å². The number of nitrogens with zero attached hydrogens (tertiary/aromatic N) is 2. The first-order chi connectivity index (χ1) is 17.1. The molecule has 35 heavy (non-hydrogen) atoms. The molecule has 0 spiro atoms. The summed E-state index contributed by atoms with van der Waals surface area (Å²) in [5.74, 6) is 1.19. The van der Waals surface area contributed by atoms with Crippen molar-refractivity contribution >= 4 is 28.6 Å². The van der Waals surface area contributed by atoms with E-state index in [1.165, 1.54) is 24.7 Å². The first kappa shape index (κ1) is 20.7. The Bertz CT molecular complexity index is 1540. The van der Waals surface area contributed by atoms with Crippen molar-refractivity contribution in [3.05, 3.63) is 103 Å². The highest BCUT2D eigenvalue weighted by Gasteiger charge is 2.29. The second kappa shape index (κ2) is 8.18. The molecule has 1 aromatic heterocycles. The Hall–Kier alpha value is -4.85. The summed E-state index contributed by atoms with van der Waals surface area (Å²) in [6.45, 7) is 0. The van der Waals surface area contributed by atoms with E-state index in [4.69, 9.17) is 9.47 Å². The lowest BCUT2D eigenvalue weighted by Gasteiger charge is -2.18. The third kappa shape index (κ3) is 3.71. The molecule has 0 saturated carbocycles. The minimum absolute atomic E-state index is 0.326. The van der Waals surface area contributed by atoms with Crippen LogP contribution in [0.25, 0.3) is 22.7 Å². The van der Waals surface area contributed by atoms with Gasteiger partial charge in [-0.05, 0) is 60.7 Å². The number of ether oxygens (including phenoxy) is 2. The number of halogens is 1. The molecule has 0 aliphatic carbocycles. The number of aromatic nitrogens is 2. The molecule has 0 saturated heterocycles. The Morgan fingerprint density at radius 3 is 2.57 bits per heavy atom. The number of carbonyl (C=O) groups is 1. The number of aryl methyl sites for hydroxylation is 1. The molecule has 6 rings (SSSR count). The molecule has 3 aromatic carbocycles. The molecule has 2 N–H and O–H groups in total. The van der Waals surface area contributed by atoms with Gasteiger partial charge in [0.15, 0.2) is 11.5 Å². The van der Waals surface area contributed by atoms with Gasteiger partial charge in [0, 0.05) is 41.8 Å². The molecule has 0 fully saturated rings. The van der Waals surface area contributed by atoms with Crippen molar-refractivity contribution in [2.24, 2.45) is 7.05 Å². The highest BCUT2D eigenvalue weighted by atomic mass is 19.1. The molecule has 0 bridgehead atoms. The average molecular weight is 466 g/mol. The predicted octanol–water partition coefficient (Wildman–Crippen LogP) is 5.40. The molecule has 0 radical (unpaired) electrons. The average Bonchev–Trinajstić information content (AvgIpc) is 3.44. The van der Waals surface area contributed by atoms with E-state index in [0.717, 1.165) is 17.1 Å². The Balaban J connectivity index is 1.46. The van der Waals surface area contributed by atoms with Crippen LogP contribution in [-0.4, -0.2) is 15.5 Å². The van der Waals surface area contributed by atoms with Gasteiger partial charge in [0.1, 0.15) is 24.2 Å². The van der Waals surface area contributed by atoms with E-state index in [0.29, 0.717) is 39.6 Å². The topological polar surface area (TPSA) is 77.4 Å². The number of nitrogens with one attached hydrogen (secondary N) is 2. The van der Waals surface area contributed by atoms with Crippen LogP contribution >= 0.6 is 0 Å². The Morgan fingerprint density at radius 1 is 1.00 bits per heavy atom. The lowest BCUT2D eigenvalue weighted by atomic mass is 9.99. The summed E-state index contributed by atoms with van der Waals surface area (Å²) in [6, 6.07) is 17.4. The second-order valence-electron chi connectivity index (χ2n) is 8.13. The molecule has 4 aromatic rings. The van der Waals surface area contributed by atoms with Gasteiger partial charge in [-0.15, -0.1) is 0 Å².